The predicted octanol–water partition coefficient (Wildman–Crippen LogP) is -0.00390. The molecule has 1 heterocycles. The van der Waals surface area contributed by atoms with Gasteiger partial charge in [-0.05, 0) is 25.8 Å². The van der Waals surface area contributed by atoms with Gasteiger partial charge in [0.15, 0.2) is 0 Å². The minimum atomic E-state index is -0.110. The van der Waals surface area contributed by atoms with Gasteiger partial charge in [0.25, 0.3) is 0 Å². The maximum atomic E-state index is 9.20. The van der Waals surface area contributed by atoms with Crippen LogP contribution in [-0.4, -0.2) is 42.0 Å². The fourth-order valence-electron chi connectivity index (χ4n) is 1.94. The van der Waals surface area contributed by atoms with E-state index in [2.05, 4.69) is 15.5 Å². The topological polar surface area (TPSA) is 74.4 Å². The summed E-state index contributed by atoms with van der Waals surface area (Å²) in [6.45, 7) is 1.45. The smallest absolute Gasteiger partial charge is 0.317 e. The molecule has 0 amide bonds. The van der Waals surface area contributed by atoms with E-state index in [4.69, 9.17) is 4.42 Å². The average Bonchev–Trinajstić information content (AvgIpc) is 2.64. The van der Waals surface area contributed by atoms with Crippen LogP contribution >= 0.6 is 0 Å². The molecule has 2 N–H and O–H groups in total. The van der Waals surface area contributed by atoms with Gasteiger partial charge in [-0.3, -0.25) is 0 Å². The molecule has 6 heteroatoms. The standard InChI is InChI=1S/C10H18N4O2/c1-11-5-9-12-13-10(16-9)14(2)6-7-3-8(15)4-7/h7-8,11,15H,3-6H2,1-2H3. The van der Waals surface area contributed by atoms with Crippen LogP contribution in [0.3, 0.4) is 0 Å². The van der Waals surface area contributed by atoms with Crippen molar-refractivity contribution in [3.63, 3.8) is 0 Å². The molecule has 0 saturated heterocycles. The van der Waals surface area contributed by atoms with Crippen molar-refractivity contribution in [3.05, 3.63) is 5.89 Å². The SMILES string of the molecule is CNCc1nnc(N(C)CC2CC(O)C2)o1. The van der Waals surface area contributed by atoms with Crippen molar-refractivity contribution in [1.29, 1.82) is 0 Å². The molecular formula is C10H18N4O2. The van der Waals surface area contributed by atoms with Gasteiger partial charge in [-0.2, -0.15) is 0 Å². The Bertz CT molecular complexity index is 335. The summed E-state index contributed by atoms with van der Waals surface area (Å²) in [4.78, 5) is 1.95. The Hall–Kier alpha value is -1.14. The van der Waals surface area contributed by atoms with Crippen LogP contribution in [0.5, 0.6) is 0 Å². The molecular weight excluding hydrogens is 208 g/mol. The summed E-state index contributed by atoms with van der Waals surface area (Å²) in [6, 6.07) is 0.548. The van der Waals surface area contributed by atoms with Crippen molar-refractivity contribution >= 4 is 6.01 Å². The normalized spacial score (nSPS) is 24.2. The van der Waals surface area contributed by atoms with Crippen molar-refractivity contribution in [1.82, 2.24) is 15.5 Å². The van der Waals surface area contributed by atoms with Crippen LogP contribution in [0.25, 0.3) is 0 Å². The van der Waals surface area contributed by atoms with Gasteiger partial charge >= 0.3 is 6.01 Å². The highest BCUT2D eigenvalue weighted by Crippen LogP contribution is 2.28. The number of hydrogen-bond donors (Lipinski definition) is 2. The van der Waals surface area contributed by atoms with Crippen LogP contribution in [0, 0.1) is 5.92 Å². The molecule has 1 aliphatic rings. The predicted molar refractivity (Wildman–Crippen MR) is 59.1 cm³/mol. The summed E-state index contributed by atoms with van der Waals surface area (Å²) in [6.07, 6.45) is 1.64. The number of hydrogen-bond acceptors (Lipinski definition) is 6. The first kappa shape index (κ1) is 11.3. The van der Waals surface area contributed by atoms with E-state index in [-0.39, 0.29) is 6.10 Å². The minimum absolute atomic E-state index is 0.110. The summed E-state index contributed by atoms with van der Waals surface area (Å²) in [7, 11) is 3.77. The summed E-state index contributed by atoms with van der Waals surface area (Å²) < 4.78 is 5.46. The molecule has 1 aromatic heterocycles. The van der Waals surface area contributed by atoms with E-state index in [1.54, 1.807) is 0 Å². The van der Waals surface area contributed by atoms with Gasteiger partial charge in [0, 0.05) is 13.6 Å². The van der Waals surface area contributed by atoms with Gasteiger partial charge in [-0.25, -0.2) is 0 Å². The molecule has 16 heavy (non-hydrogen) atoms. The molecule has 90 valence electrons. The molecule has 0 aliphatic heterocycles. The third kappa shape index (κ3) is 2.51. The lowest BCUT2D eigenvalue weighted by molar-refractivity contribution is 0.0461. The van der Waals surface area contributed by atoms with E-state index in [1.807, 2.05) is 19.0 Å². The lowest BCUT2D eigenvalue weighted by atomic mass is 9.82. The van der Waals surface area contributed by atoms with Crippen molar-refractivity contribution in [2.24, 2.45) is 5.92 Å². The van der Waals surface area contributed by atoms with Gasteiger partial charge in [-0.15, -0.1) is 5.10 Å². The van der Waals surface area contributed by atoms with Crippen LogP contribution in [0.4, 0.5) is 6.01 Å². The van der Waals surface area contributed by atoms with Crippen molar-refractivity contribution < 1.29 is 9.52 Å². The lowest BCUT2D eigenvalue weighted by Crippen LogP contribution is -2.37. The fraction of sp³-hybridized carbons (Fsp3) is 0.800. The van der Waals surface area contributed by atoms with Gasteiger partial charge < -0.3 is 19.7 Å². The first-order valence-electron chi connectivity index (χ1n) is 5.55. The summed E-state index contributed by atoms with van der Waals surface area (Å²) >= 11 is 0. The molecule has 1 aliphatic carbocycles. The van der Waals surface area contributed by atoms with Crippen LogP contribution in [-0.2, 0) is 6.54 Å². The van der Waals surface area contributed by atoms with E-state index >= 15 is 0 Å². The quantitative estimate of drug-likeness (QED) is 0.736. The van der Waals surface area contributed by atoms with E-state index < -0.39 is 0 Å². The number of anilines is 1. The monoisotopic (exact) mass is 226 g/mol. The summed E-state index contributed by atoms with van der Waals surface area (Å²) in [5.41, 5.74) is 0. The molecule has 6 nitrogen and oxygen atoms in total. The van der Waals surface area contributed by atoms with Gasteiger partial charge in [-0.1, -0.05) is 5.10 Å². The summed E-state index contributed by atoms with van der Waals surface area (Å²) in [5, 5.41) is 20.0. The van der Waals surface area contributed by atoms with E-state index in [0.717, 1.165) is 19.4 Å². The van der Waals surface area contributed by atoms with E-state index in [0.29, 0.717) is 24.4 Å². The zero-order valence-electron chi connectivity index (χ0n) is 9.68. The molecule has 0 unspecified atom stereocenters. The van der Waals surface area contributed by atoms with Crippen molar-refractivity contribution in [3.8, 4) is 0 Å². The lowest BCUT2D eigenvalue weighted by Gasteiger charge is -2.33. The number of rotatable bonds is 5. The van der Waals surface area contributed by atoms with Crippen molar-refractivity contribution in [2.75, 3.05) is 25.5 Å². The molecule has 0 aromatic carbocycles. The second kappa shape index (κ2) is 4.80. The van der Waals surface area contributed by atoms with Crippen LogP contribution in [0.1, 0.15) is 18.7 Å². The molecule has 0 spiro atoms. The molecule has 0 radical (unpaired) electrons. The number of aliphatic hydroxyl groups is 1. The highest BCUT2D eigenvalue weighted by molar-refractivity contribution is 5.22. The Morgan fingerprint density at radius 3 is 2.88 bits per heavy atom. The third-order valence-electron chi connectivity index (χ3n) is 2.85. The molecule has 1 saturated carbocycles. The Morgan fingerprint density at radius 1 is 1.50 bits per heavy atom. The van der Waals surface area contributed by atoms with Crippen LogP contribution in [0.15, 0.2) is 4.42 Å². The number of aliphatic hydroxyl groups excluding tert-OH is 1. The zero-order valence-corrected chi connectivity index (χ0v) is 9.68. The number of nitrogens with one attached hydrogen (secondary N) is 1. The zero-order chi connectivity index (χ0) is 11.5. The average molecular weight is 226 g/mol. The minimum Gasteiger partial charge on any atom is -0.407 e. The molecule has 0 atom stereocenters. The molecule has 1 fully saturated rings. The number of aromatic nitrogens is 2. The molecule has 0 bridgehead atoms. The van der Waals surface area contributed by atoms with Crippen LogP contribution in [0.2, 0.25) is 0 Å². The summed E-state index contributed by atoms with van der Waals surface area (Å²) in [5.74, 6) is 1.14. The van der Waals surface area contributed by atoms with Gasteiger partial charge in [0.2, 0.25) is 5.89 Å². The first-order valence-corrected chi connectivity index (χ1v) is 5.55. The maximum Gasteiger partial charge on any atom is 0.317 e. The van der Waals surface area contributed by atoms with Gasteiger partial charge in [0.05, 0.1) is 12.6 Å². The Morgan fingerprint density at radius 2 is 2.25 bits per heavy atom. The van der Waals surface area contributed by atoms with Crippen LogP contribution < -0.4 is 10.2 Å². The third-order valence-corrected chi connectivity index (χ3v) is 2.85. The number of nitrogens with zero attached hydrogens (tertiary/aromatic N) is 3. The Balaban J connectivity index is 1.85. The largest absolute Gasteiger partial charge is 0.407 e. The van der Waals surface area contributed by atoms with Crippen molar-refractivity contribution in [2.45, 2.75) is 25.5 Å². The van der Waals surface area contributed by atoms with E-state index in [9.17, 15) is 5.11 Å². The van der Waals surface area contributed by atoms with Gasteiger partial charge in [0.1, 0.15) is 0 Å². The van der Waals surface area contributed by atoms with E-state index in [1.165, 1.54) is 0 Å². The second-order valence-electron chi connectivity index (χ2n) is 4.38. The Labute approximate surface area is 94.7 Å². The maximum absolute atomic E-state index is 9.20. The molecule has 2 rings (SSSR count). The fourth-order valence-corrected chi connectivity index (χ4v) is 1.94. The first-order chi connectivity index (χ1) is 7.69. The second-order valence-corrected chi connectivity index (χ2v) is 4.38. The molecule has 1 aromatic rings. The highest BCUT2D eigenvalue weighted by Gasteiger charge is 2.28. The Kier molecular flexibility index (Phi) is 3.40. The highest BCUT2D eigenvalue weighted by atomic mass is 16.4.